The summed E-state index contributed by atoms with van der Waals surface area (Å²) in [5, 5.41) is 20.4. The van der Waals surface area contributed by atoms with Crippen molar-refractivity contribution in [2.45, 2.75) is 180 Å². The van der Waals surface area contributed by atoms with Crippen LogP contribution in [0, 0.1) is 0 Å². The molecule has 0 rings (SSSR count). The summed E-state index contributed by atoms with van der Waals surface area (Å²) in [7, 11) is -4.20. The number of carbonyl (C=O) groups excluding carboxylic acids is 3. The summed E-state index contributed by atoms with van der Waals surface area (Å²) in [4.78, 5) is 41.7. The fourth-order valence-corrected chi connectivity index (χ4v) is 5.77. The van der Waals surface area contributed by atoms with Gasteiger partial charge in [0.15, 0.2) is 0 Å². The summed E-state index contributed by atoms with van der Waals surface area (Å²) >= 11 is 0. The van der Waals surface area contributed by atoms with Gasteiger partial charge in [-0.05, 0) is 38.0 Å². The SMILES string of the molecule is CCCCCCCCCCCCNC(=O)CC[C@@H](NC(=O)CCCC([O-])=NCCS(=O)(=O)O)C(=O)NCCCCCCCCCCCC.[Na+]. The third kappa shape index (κ3) is 36.4. The summed E-state index contributed by atoms with van der Waals surface area (Å²) < 4.78 is 30.3. The predicted molar refractivity (Wildman–Crippen MR) is 193 cm³/mol. The van der Waals surface area contributed by atoms with Gasteiger partial charge in [0.1, 0.15) is 6.04 Å². The van der Waals surface area contributed by atoms with E-state index in [0.717, 1.165) is 32.1 Å². The molecule has 0 aliphatic heterocycles. The topological polar surface area (TPSA) is 177 Å². The molecule has 0 heterocycles. The number of nitrogens with one attached hydrogen (secondary N) is 3. The van der Waals surface area contributed by atoms with Gasteiger partial charge in [0.05, 0.1) is 12.3 Å². The molecule has 0 spiro atoms. The van der Waals surface area contributed by atoms with Crippen LogP contribution in [0.25, 0.3) is 0 Å². The van der Waals surface area contributed by atoms with Crippen molar-refractivity contribution < 1.29 is 62.0 Å². The second kappa shape index (κ2) is 35.2. The van der Waals surface area contributed by atoms with Crippen LogP contribution in [0.2, 0.25) is 0 Å². The number of amides is 3. The minimum Gasteiger partial charge on any atom is -0.862 e. The Balaban J connectivity index is 0. The smallest absolute Gasteiger partial charge is 0.862 e. The molecule has 0 aromatic heterocycles. The summed E-state index contributed by atoms with van der Waals surface area (Å²) in [5.41, 5.74) is 0. The molecule has 0 unspecified atom stereocenters. The van der Waals surface area contributed by atoms with Crippen molar-refractivity contribution in [1.82, 2.24) is 16.0 Å². The molecular formula is C36H69N4NaO7S. The van der Waals surface area contributed by atoms with Gasteiger partial charge >= 0.3 is 29.6 Å². The first-order valence-electron chi connectivity index (χ1n) is 19.1. The number of hydrogen-bond acceptors (Lipinski definition) is 7. The molecule has 49 heavy (non-hydrogen) atoms. The van der Waals surface area contributed by atoms with E-state index in [1.807, 2.05) is 0 Å². The van der Waals surface area contributed by atoms with Crippen molar-refractivity contribution in [3.8, 4) is 0 Å². The molecule has 282 valence electrons. The van der Waals surface area contributed by atoms with Crippen LogP contribution in [0.5, 0.6) is 0 Å². The molecule has 0 aromatic rings. The van der Waals surface area contributed by atoms with Gasteiger partial charge in [-0.25, -0.2) is 0 Å². The Morgan fingerprint density at radius 2 is 1.08 bits per heavy atom. The van der Waals surface area contributed by atoms with Crippen LogP contribution < -0.4 is 50.6 Å². The fraction of sp³-hybridized carbons (Fsp3) is 0.889. The van der Waals surface area contributed by atoms with Crippen LogP contribution in [0.4, 0.5) is 0 Å². The fourth-order valence-electron chi connectivity index (χ4n) is 5.45. The monoisotopic (exact) mass is 724 g/mol. The summed E-state index contributed by atoms with van der Waals surface area (Å²) in [6.07, 6.45) is 24.5. The minimum absolute atomic E-state index is 0. The first-order valence-corrected chi connectivity index (χ1v) is 20.7. The number of carbonyl (C=O) groups is 3. The Bertz CT molecular complexity index is 967. The Hall–Kier alpha value is -1.21. The van der Waals surface area contributed by atoms with Crippen LogP contribution in [0.15, 0.2) is 4.99 Å². The second-order valence-corrected chi connectivity index (χ2v) is 14.7. The van der Waals surface area contributed by atoms with Gasteiger partial charge in [0.25, 0.3) is 10.1 Å². The molecule has 0 fully saturated rings. The maximum Gasteiger partial charge on any atom is 1.00 e. The van der Waals surface area contributed by atoms with Crippen molar-refractivity contribution in [1.29, 1.82) is 0 Å². The Labute approximate surface area is 320 Å². The molecule has 3 amide bonds. The van der Waals surface area contributed by atoms with E-state index in [0.29, 0.717) is 13.1 Å². The molecule has 0 aromatic carbocycles. The zero-order valence-corrected chi connectivity index (χ0v) is 34.2. The van der Waals surface area contributed by atoms with Gasteiger partial charge < -0.3 is 26.0 Å². The molecule has 0 saturated carbocycles. The van der Waals surface area contributed by atoms with Crippen LogP contribution in [0.1, 0.15) is 174 Å². The van der Waals surface area contributed by atoms with E-state index in [-0.39, 0.29) is 80.0 Å². The van der Waals surface area contributed by atoms with E-state index in [1.165, 1.54) is 96.3 Å². The van der Waals surface area contributed by atoms with Crippen molar-refractivity contribution in [3.63, 3.8) is 0 Å². The predicted octanol–water partition coefficient (Wildman–Crippen LogP) is 3.15. The average Bonchev–Trinajstić information content (AvgIpc) is 3.03. The molecule has 0 radical (unpaired) electrons. The van der Waals surface area contributed by atoms with E-state index >= 15 is 0 Å². The Morgan fingerprint density at radius 3 is 1.55 bits per heavy atom. The van der Waals surface area contributed by atoms with Gasteiger partial charge in [-0.1, -0.05) is 129 Å². The Kier molecular flexibility index (Phi) is 35.9. The number of rotatable bonds is 34. The zero-order valence-electron chi connectivity index (χ0n) is 31.3. The maximum absolute atomic E-state index is 13.0. The molecule has 11 nitrogen and oxygen atoms in total. The number of nitrogens with zero attached hydrogens (tertiary/aromatic N) is 1. The molecule has 0 aliphatic carbocycles. The third-order valence-electron chi connectivity index (χ3n) is 8.43. The van der Waals surface area contributed by atoms with Crippen molar-refractivity contribution in [3.05, 3.63) is 0 Å². The van der Waals surface area contributed by atoms with Gasteiger partial charge in [0.2, 0.25) is 17.7 Å². The van der Waals surface area contributed by atoms with E-state index in [9.17, 15) is 27.9 Å². The standard InChI is InChI=1S/C36H70N4O7S.Na/c1-3-5-7-9-11-13-15-17-19-21-28-37-34(42)27-26-32(36(44)39-29-22-20-18-16-14-12-10-8-6-4-2)40-35(43)25-23-24-33(41)38-30-31-48(45,46)47;/h32H,3-31H2,1-2H3,(H,37,42)(H,38,41)(H,39,44)(H,40,43)(H,45,46,47);/q;+1/p-1/t32-;/m1./s1. The van der Waals surface area contributed by atoms with Crippen LogP contribution >= 0.6 is 0 Å². The van der Waals surface area contributed by atoms with Gasteiger partial charge in [0, 0.05) is 25.9 Å². The summed E-state index contributed by atoms with van der Waals surface area (Å²) in [6, 6.07) is -0.862. The summed E-state index contributed by atoms with van der Waals surface area (Å²) in [6.45, 7) is 5.21. The van der Waals surface area contributed by atoms with Crippen LogP contribution in [-0.2, 0) is 24.5 Å². The third-order valence-corrected chi connectivity index (χ3v) is 9.12. The summed E-state index contributed by atoms with van der Waals surface area (Å²) in [5.74, 6) is -2.08. The molecular weight excluding hydrogens is 655 g/mol. The zero-order chi connectivity index (χ0) is 35.7. The van der Waals surface area contributed by atoms with E-state index in [4.69, 9.17) is 4.55 Å². The first kappa shape index (κ1) is 49.9. The minimum atomic E-state index is -4.20. The van der Waals surface area contributed by atoms with Gasteiger partial charge in [-0.2, -0.15) is 8.42 Å². The normalized spacial score (nSPS) is 12.3. The molecule has 13 heteroatoms. The van der Waals surface area contributed by atoms with Crippen molar-refractivity contribution in [2.75, 3.05) is 25.4 Å². The number of hydrogen-bond donors (Lipinski definition) is 4. The van der Waals surface area contributed by atoms with Crippen molar-refractivity contribution >= 4 is 33.7 Å². The average molecular weight is 725 g/mol. The number of unbranched alkanes of at least 4 members (excludes halogenated alkanes) is 18. The largest absolute Gasteiger partial charge is 1.00 e. The Morgan fingerprint density at radius 1 is 0.633 bits per heavy atom. The molecule has 0 aliphatic rings. The van der Waals surface area contributed by atoms with Crippen molar-refractivity contribution in [2.24, 2.45) is 4.99 Å². The maximum atomic E-state index is 13.0. The van der Waals surface area contributed by atoms with Crippen LogP contribution in [-0.4, -0.2) is 68.0 Å². The molecule has 4 N–H and O–H groups in total. The molecule has 0 bridgehead atoms. The molecule has 0 saturated heterocycles. The van der Waals surface area contributed by atoms with E-state index < -0.39 is 33.7 Å². The quantitative estimate of drug-likeness (QED) is 0.0259. The van der Waals surface area contributed by atoms with E-state index in [2.05, 4.69) is 34.8 Å². The van der Waals surface area contributed by atoms with Gasteiger partial charge in [-0.3, -0.25) is 18.9 Å². The molecule has 1 atom stereocenters. The number of aliphatic imine (C=N–C) groups is 1. The van der Waals surface area contributed by atoms with E-state index in [1.54, 1.807) is 0 Å². The first-order chi connectivity index (χ1) is 23.1. The van der Waals surface area contributed by atoms with Gasteiger partial charge in [-0.15, -0.1) is 0 Å². The second-order valence-electron chi connectivity index (χ2n) is 13.1. The van der Waals surface area contributed by atoms with Crippen LogP contribution in [0.3, 0.4) is 0 Å².